The molecule has 0 spiro atoms. The van der Waals surface area contributed by atoms with Crippen molar-refractivity contribution in [3.05, 3.63) is 35.9 Å². The Hall–Kier alpha value is -1.64. The molecular weight excluding hydrogens is 214 g/mol. The summed E-state index contributed by atoms with van der Waals surface area (Å²) in [6.07, 6.45) is 1.72. The molecule has 0 unspecified atom stereocenters. The minimum atomic E-state index is -0.247. The molecular formula is C14H17NO2. The van der Waals surface area contributed by atoms with Crippen LogP contribution >= 0.6 is 0 Å². The van der Waals surface area contributed by atoms with Gasteiger partial charge in [0, 0.05) is 13.0 Å². The SMILES string of the molecule is CCOC(=O)C1=NC[C@@H](Cc2ccccc2)C1. The van der Waals surface area contributed by atoms with Crippen molar-refractivity contribution < 1.29 is 9.53 Å². The second kappa shape index (κ2) is 5.62. The van der Waals surface area contributed by atoms with E-state index >= 15 is 0 Å². The van der Waals surface area contributed by atoms with E-state index in [2.05, 4.69) is 17.1 Å². The second-order valence-electron chi connectivity index (χ2n) is 4.27. The molecule has 17 heavy (non-hydrogen) atoms. The molecule has 0 aromatic heterocycles. The first kappa shape index (κ1) is 11.8. The molecule has 0 saturated heterocycles. The zero-order valence-corrected chi connectivity index (χ0v) is 10.1. The summed E-state index contributed by atoms with van der Waals surface area (Å²) < 4.78 is 4.95. The van der Waals surface area contributed by atoms with E-state index in [9.17, 15) is 4.79 Å². The Balaban J connectivity index is 1.87. The standard InChI is InChI=1S/C14H17NO2/c1-2-17-14(16)13-9-12(10-15-13)8-11-6-4-3-5-7-11/h3-7,12H,2,8-10H2,1H3/t12-/m0/s1. The zero-order valence-electron chi connectivity index (χ0n) is 10.1. The summed E-state index contributed by atoms with van der Waals surface area (Å²) >= 11 is 0. The van der Waals surface area contributed by atoms with E-state index in [1.165, 1.54) is 5.56 Å². The van der Waals surface area contributed by atoms with Crippen LogP contribution in [-0.2, 0) is 16.0 Å². The third-order valence-corrected chi connectivity index (χ3v) is 2.90. The predicted octanol–water partition coefficient (Wildman–Crippen LogP) is 2.25. The van der Waals surface area contributed by atoms with Crippen molar-refractivity contribution in [3.63, 3.8) is 0 Å². The van der Waals surface area contributed by atoms with Crippen LogP contribution in [0.15, 0.2) is 35.3 Å². The van der Waals surface area contributed by atoms with Crippen LogP contribution in [0.4, 0.5) is 0 Å². The molecule has 1 atom stereocenters. The van der Waals surface area contributed by atoms with Gasteiger partial charge in [-0.2, -0.15) is 0 Å². The van der Waals surface area contributed by atoms with Crippen LogP contribution in [-0.4, -0.2) is 24.8 Å². The Kier molecular flexibility index (Phi) is 3.91. The lowest BCUT2D eigenvalue weighted by Crippen LogP contribution is -2.17. The predicted molar refractivity (Wildman–Crippen MR) is 67.2 cm³/mol. The molecule has 1 aliphatic rings. The Labute approximate surface area is 102 Å². The largest absolute Gasteiger partial charge is 0.462 e. The fraction of sp³-hybridized carbons (Fsp3) is 0.429. The van der Waals surface area contributed by atoms with Gasteiger partial charge in [0.25, 0.3) is 0 Å². The van der Waals surface area contributed by atoms with Crippen molar-refractivity contribution in [1.82, 2.24) is 0 Å². The smallest absolute Gasteiger partial charge is 0.352 e. The molecule has 1 heterocycles. The van der Waals surface area contributed by atoms with Gasteiger partial charge < -0.3 is 4.74 Å². The van der Waals surface area contributed by atoms with Gasteiger partial charge in [0.1, 0.15) is 5.71 Å². The average Bonchev–Trinajstić information content (AvgIpc) is 2.79. The van der Waals surface area contributed by atoms with Crippen molar-refractivity contribution >= 4 is 11.7 Å². The van der Waals surface area contributed by atoms with Crippen molar-refractivity contribution in [2.75, 3.05) is 13.2 Å². The first-order valence-corrected chi connectivity index (χ1v) is 6.04. The number of aliphatic imine (C=N–C) groups is 1. The van der Waals surface area contributed by atoms with E-state index in [1.54, 1.807) is 0 Å². The maximum Gasteiger partial charge on any atom is 0.352 e. The summed E-state index contributed by atoms with van der Waals surface area (Å²) in [5.74, 6) is 0.194. The Morgan fingerprint density at radius 3 is 2.88 bits per heavy atom. The normalized spacial score (nSPS) is 18.9. The van der Waals surface area contributed by atoms with Crippen LogP contribution in [0.2, 0.25) is 0 Å². The summed E-state index contributed by atoms with van der Waals surface area (Å²) in [6, 6.07) is 10.3. The summed E-state index contributed by atoms with van der Waals surface area (Å²) in [4.78, 5) is 15.8. The van der Waals surface area contributed by atoms with Gasteiger partial charge >= 0.3 is 5.97 Å². The van der Waals surface area contributed by atoms with E-state index in [0.717, 1.165) is 19.4 Å². The maximum absolute atomic E-state index is 11.5. The molecule has 0 aliphatic carbocycles. The summed E-state index contributed by atoms with van der Waals surface area (Å²) in [6.45, 7) is 2.97. The van der Waals surface area contributed by atoms with Gasteiger partial charge in [-0.05, 0) is 24.8 Å². The molecule has 1 aliphatic heterocycles. The van der Waals surface area contributed by atoms with Gasteiger partial charge in [0.05, 0.1) is 6.61 Å². The average molecular weight is 231 g/mol. The highest BCUT2D eigenvalue weighted by Gasteiger charge is 2.24. The molecule has 2 rings (SSSR count). The maximum atomic E-state index is 11.5. The van der Waals surface area contributed by atoms with Gasteiger partial charge in [-0.15, -0.1) is 0 Å². The highest BCUT2D eigenvalue weighted by Crippen LogP contribution is 2.19. The van der Waals surface area contributed by atoms with Gasteiger partial charge in [-0.1, -0.05) is 30.3 Å². The summed E-state index contributed by atoms with van der Waals surface area (Å²) in [5, 5.41) is 0. The van der Waals surface area contributed by atoms with Crippen LogP contribution < -0.4 is 0 Å². The van der Waals surface area contributed by atoms with E-state index in [1.807, 2.05) is 25.1 Å². The van der Waals surface area contributed by atoms with E-state index in [4.69, 9.17) is 4.74 Å². The fourth-order valence-electron chi connectivity index (χ4n) is 2.09. The third kappa shape index (κ3) is 3.16. The molecule has 0 fully saturated rings. The molecule has 90 valence electrons. The molecule has 0 saturated carbocycles. The van der Waals surface area contributed by atoms with Crippen molar-refractivity contribution in [2.24, 2.45) is 10.9 Å². The minimum Gasteiger partial charge on any atom is -0.462 e. The molecule has 0 N–H and O–H groups in total. The topological polar surface area (TPSA) is 38.7 Å². The summed E-state index contributed by atoms with van der Waals surface area (Å²) in [7, 11) is 0. The van der Waals surface area contributed by atoms with E-state index < -0.39 is 0 Å². The van der Waals surface area contributed by atoms with Crippen LogP contribution in [0.5, 0.6) is 0 Å². The zero-order chi connectivity index (χ0) is 12.1. The highest BCUT2D eigenvalue weighted by molar-refractivity contribution is 6.36. The molecule has 0 amide bonds. The Morgan fingerprint density at radius 1 is 1.41 bits per heavy atom. The molecule has 3 nitrogen and oxygen atoms in total. The second-order valence-corrected chi connectivity index (χ2v) is 4.27. The van der Waals surface area contributed by atoms with Gasteiger partial charge in [0.2, 0.25) is 0 Å². The first-order chi connectivity index (χ1) is 8.29. The number of rotatable bonds is 4. The van der Waals surface area contributed by atoms with Crippen molar-refractivity contribution in [2.45, 2.75) is 19.8 Å². The lowest BCUT2D eigenvalue weighted by Gasteiger charge is -2.08. The monoisotopic (exact) mass is 231 g/mol. The van der Waals surface area contributed by atoms with Crippen LogP contribution in [0.1, 0.15) is 18.9 Å². The lowest BCUT2D eigenvalue weighted by atomic mass is 9.96. The first-order valence-electron chi connectivity index (χ1n) is 6.04. The van der Waals surface area contributed by atoms with E-state index in [-0.39, 0.29) is 5.97 Å². The number of hydrogen-bond acceptors (Lipinski definition) is 3. The molecule has 3 heteroatoms. The van der Waals surface area contributed by atoms with Crippen molar-refractivity contribution in [3.8, 4) is 0 Å². The molecule has 1 aromatic carbocycles. The molecule has 0 bridgehead atoms. The van der Waals surface area contributed by atoms with Crippen LogP contribution in [0.25, 0.3) is 0 Å². The number of benzene rings is 1. The van der Waals surface area contributed by atoms with Gasteiger partial charge in [-0.3, -0.25) is 4.99 Å². The number of carbonyl (C=O) groups excluding carboxylic acids is 1. The number of nitrogens with zero attached hydrogens (tertiary/aromatic N) is 1. The minimum absolute atomic E-state index is 0.247. The Morgan fingerprint density at radius 2 is 2.18 bits per heavy atom. The number of esters is 1. The Bertz CT molecular complexity index is 411. The lowest BCUT2D eigenvalue weighted by molar-refractivity contribution is -0.135. The number of carbonyl (C=O) groups is 1. The number of hydrogen-bond donors (Lipinski definition) is 0. The molecule has 0 radical (unpaired) electrons. The number of ether oxygens (including phenoxy) is 1. The molecule has 1 aromatic rings. The quantitative estimate of drug-likeness (QED) is 0.745. The fourth-order valence-corrected chi connectivity index (χ4v) is 2.09. The third-order valence-electron chi connectivity index (χ3n) is 2.90. The van der Waals surface area contributed by atoms with Gasteiger partial charge in [-0.25, -0.2) is 4.79 Å². The summed E-state index contributed by atoms with van der Waals surface area (Å²) in [5.41, 5.74) is 1.91. The van der Waals surface area contributed by atoms with Crippen LogP contribution in [0, 0.1) is 5.92 Å². The highest BCUT2D eigenvalue weighted by atomic mass is 16.5. The van der Waals surface area contributed by atoms with Crippen molar-refractivity contribution in [1.29, 1.82) is 0 Å². The van der Waals surface area contributed by atoms with Crippen LogP contribution in [0.3, 0.4) is 0 Å². The van der Waals surface area contributed by atoms with Gasteiger partial charge in [0.15, 0.2) is 0 Å². The van der Waals surface area contributed by atoms with E-state index in [0.29, 0.717) is 18.2 Å².